The normalized spacial score (nSPS) is 12.3. The van der Waals surface area contributed by atoms with Gasteiger partial charge in [0.15, 0.2) is 0 Å². The standard InChI is InChI=1S/C32H25NO/c1-22(25-11-6-3-7-12-25)26-15-16-31-29(21-26)27-13-8-14-28(32(27)34-31)30-20-24(17-18-33-30)19-23-9-4-2-5-10-23/h2-18,20-22H,19H2,1H3. The molecule has 4 aromatic carbocycles. The number of rotatable bonds is 5. The summed E-state index contributed by atoms with van der Waals surface area (Å²) >= 11 is 0. The van der Waals surface area contributed by atoms with Gasteiger partial charge in [-0.1, -0.05) is 85.8 Å². The lowest BCUT2D eigenvalue weighted by Crippen LogP contribution is -1.95. The van der Waals surface area contributed by atoms with Gasteiger partial charge >= 0.3 is 0 Å². The number of pyridine rings is 1. The fraction of sp³-hybridized carbons (Fsp3) is 0.0938. The van der Waals surface area contributed by atoms with Gasteiger partial charge in [0, 0.05) is 28.5 Å². The van der Waals surface area contributed by atoms with Gasteiger partial charge in [-0.05, 0) is 59.0 Å². The molecule has 0 amide bonds. The van der Waals surface area contributed by atoms with Crippen LogP contribution < -0.4 is 0 Å². The molecular weight excluding hydrogens is 414 g/mol. The van der Waals surface area contributed by atoms with Crippen molar-refractivity contribution in [1.82, 2.24) is 4.98 Å². The average molecular weight is 440 g/mol. The van der Waals surface area contributed by atoms with Crippen molar-refractivity contribution in [2.75, 3.05) is 0 Å². The third-order valence-corrected chi connectivity index (χ3v) is 6.67. The summed E-state index contributed by atoms with van der Waals surface area (Å²) in [6, 6.07) is 38.4. The maximum Gasteiger partial charge on any atom is 0.144 e. The van der Waals surface area contributed by atoms with Crippen LogP contribution >= 0.6 is 0 Å². The Morgan fingerprint density at radius 1 is 0.676 bits per heavy atom. The van der Waals surface area contributed by atoms with E-state index in [0.29, 0.717) is 5.92 Å². The second-order valence-electron chi connectivity index (χ2n) is 8.88. The number of hydrogen-bond donors (Lipinski definition) is 0. The number of hydrogen-bond acceptors (Lipinski definition) is 2. The Kier molecular flexibility index (Phi) is 5.20. The first-order valence-corrected chi connectivity index (χ1v) is 11.8. The molecule has 2 aromatic heterocycles. The molecule has 0 aliphatic heterocycles. The Labute approximate surface area is 199 Å². The maximum atomic E-state index is 6.40. The van der Waals surface area contributed by atoms with Gasteiger partial charge < -0.3 is 4.42 Å². The van der Waals surface area contributed by atoms with Crippen molar-refractivity contribution in [3.05, 3.63) is 138 Å². The number of nitrogens with zero attached hydrogens (tertiary/aromatic N) is 1. The topological polar surface area (TPSA) is 26.0 Å². The van der Waals surface area contributed by atoms with Crippen molar-refractivity contribution in [1.29, 1.82) is 0 Å². The van der Waals surface area contributed by atoms with Gasteiger partial charge in [-0.3, -0.25) is 4.98 Å². The number of fused-ring (bicyclic) bond motifs is 3. The first-order chi connectivity index (χ1) is 16.8. The zero-order valence-electron chi connectivity index (χ0n) is 19.1. The molecule has 0 saturated heterocycles. The number of furan rings is 1. The van der Waals surface area contributed by atoms with E-state index in [9.17, 15) is 0 Å². The Morgan fingerprint density at radius 3 is 2.29 bits per heavy atom. The quantitative estimate of drug-likeness (QED) is 0.269. The van der Waals surface area contributed by atoms with Crippen molar-refractivity contribution in [3.8, 4) is 11.3 Å². The molecule has 0 fully saturated rings. The zero-order valence-corrected chi connectivity index (χ0v) is 19.1. The Balaban J connectivity index is 1.42. The molecule has 6 rings (SSSR count). The van der Waals surface area contributed by atoms with Gasteiger partial charge in [0.05, 0.1) is 5.69 Å². The van der Waals surface area contributed by atoms with Gasteiger partial charge in [-0.2, -0.15) is 0 Å². The molecule has 0 bridgehead atoms. The van der Waals surface area contributed by atoms with Crippen molar-refractivity contribution in [2.24, 2.45) is 0 Å². The summed E-state index contributed by atoms with van der Waals surface area (Å²) in [7, 11) is 0. The Morgan fingerprint density at radius 2 is 1.47 bits per heavy atom. The maximum absolute atomic E-state index is 6.40. The van der Waals surface area contributed by atoms with Gasteiger partial charge in [0.1, 0.15) is 11.2 Å². The lowest BCUT2D eigenvalue weighted by molar-refractivity contribution is 0.669. The average Bonchev–Trinajstić information content (AvgIpc) is 3.28. The summed E-state index contributed by atoms with van der Waals surface area (Å²) < 4.78 is 6.40. The van der Waals surface area contributed by atoms with Crippen LogP contribution in [0.25, 0.3) is 33.2 Å². The van der Waals surface area contributed by atoms with Gasteiger partial charge in [-0.25, -0.2) is 0 Å². The molecule has 0 aliphatic rings. The summed E-state index contributed by atoms with van der Waals surface area (Å²) in [6.07, 6.45) is 2.78. The summed E-state index contributed by atoms with van der Waals surface area (Å²) in [5, 5.41) is 2.28. The van der Waals surface area contributed by atoms with E-state index in [1.807, 2.05) is 6.20 Å². The molecule has 6 aromatic rings. The third kappa shape index (κ3) is 3.78. The largest absolute Gasteiger partial charge is 0.455 e. The molecule has 0 spiro atoms. The highest BCUT2D eigenvalue weighted by Crippen LogP contribution is 2.37. The summed E-state index contributed by atoms with van der Waals surface area (Å²) in [5.41, 5.74) is 8.91. The van der Waals surface area contributed by atoms with E-state index in [1.165, 1.54) is 22.3 Å². The second kappa shape index (κ2) is 8.64. The van der Waals surface area contributed by atoms with E-state index >= 15 is 0 Å². The number of para-hydroxylation sites is 1. The first kappa shape index (κ1) is 20.4. The number of benzene rings is 4. The lowest BCUT2D eigenvalue weighted by Gasteiger charge is -2.12. The van der Waals surface area contributed by atoms with Crippen LogP contribution in [-0.2, 0) is 6.42 Å². The fourth-order valence-electron chi connectivity index (χ4n) is 4.78. The van der Waals surface area contributed by atoms with Crippen LogP contribution in [0.4, 0.5) is 0 Å². The van der Waals surface area contributed by atoms with Crippen LogP contribution in [0.5, 0.6) is 0 Å². The Hall–Kier alpha value is -4.17. The van der Waals surface area contributed by atoms with Crippen molar-refractivity contribution in [3.63, 3.8) is 0 Å². The second-order valence-corrected chi connectivity index (χ2v) is 8.88. The highest BCUT2D eigenvalue weighted by molar-refractivity contribution is 6.09. The molecule has 34 heavy (non-hydrogen) atoms. The van der Waals surface area contributed by atoms with Gasteiger partial charge in [0.2, 0.25) is 0 Å². The highest BCUT2D eigenvalue weighted by Gasteiger charge is 2.16. The van der Waals surface area contributed by atoms with E-state index in [2.05, 4.69) is 116 Å². The minimum absolute atomic E-state index is 0.315. The minimum Gasteiger partial charge on any atom is -0.455 e. The molecule has 1 unspecified atom stereocenters. The van der Waals surface area contributed by atoms with Crippen molar-refractivity contribution >= 4 is 21.9 Å². The number of aromatic nitrogens is 1. The van der Waals surface area contributed by atoms with E-state index in [1.54, 1.807) is 0 Å². The van der Waals surface area contributed by atoms with Crippen molar-refractivity contribution < 1.29 is 4.42 Å². The summed E-state index contributed by atoms with van der Waals surface area (Å²) in [4.78, 5) is 4.70. The zero-order chi connectivity index (χ0) is 22.9. The predicted molar refractivity (Wildman–Crippen MR) is 140 cm³/mol. The van der Waals surface area contributed by atoms with Crippen LogP contribution in [0.3, 0.4) is 0 Å². The summed E-state index contributed by atoms with van der Waals surface area (Å²) in [5.74, 6) is 0.315. The molecule has 1 atom stereocenters. The Bertz CT molecular complexity index is 1580. The molecule has 0 N–H and O–H groups in total. The van der Waals surface area contributed by atoms with E-state index in [0.717, 1.165) is 39.6 Å². The monoisotopic (exact) mass is 439 g/mol. The van der Waals surface area contributed by atoms with Crippen LogP contribution in [0, 0.1) is 0 Å². The molecule has 0 aliphatic carbocycles. The SMILES string of the molecule is CC(c1ccccc1)c1ccc2oc3c(-c4cc(Cc5ccccc5)ccn4)cccc3c2c1. The van der Waals surface area contributed by atoms with Crippen LogP contribution in [-0.4, -0.2) is 4.98 Å². The smallest absolute Gasteiger partial charge is 0.144 e. The molecular formula is C32H25NO. The molecule has 2 nitrogen and oxygen atoms in total. The fourth-order valence-corrected chi connectivity index (χ4v) is 4.78. The van der Waals surface area contributed by atoms with E-state index < -0.39 is 0 Å². The molecule has 164 valence electrons. The van der Waals surface area contributed by atoms with E-state index in [4.69, 9.17) is 9.40 Å². The van der Waals surface area contributed by atoms with Crippen molar-refractivity contribution in [2.45, 2.75) is 19.3 Å². The van der Waals surface area contributed by atoms with Crippen LogP contribution in [0.15, 0.2) is 120 Å². The van der Waals surface area contributed by atoms with E-state index in [-0.39, 0.29) is 0 Å². The minimum atomic E-state index is 0.315. The lowest BCUT2D eigenvalue weighted by atomic mass is 9.92. The third-order valence-electron chi connectivity index (χ3n) is 6.67. The molecule has 2 heterocycles. The predicted octanol–water partition coefficient (Wildman–Crippen LogP) is 8.39. The molecule has 0 saturated carbocycles. The van der Waals surface area contributed by atoms with Crippen LogP contribution in [0.2, 0.25) is 0 Å². The highest BCUT2D eigenvalue weighted by atomic mass is 16.3. The summed E-state index contributed by atoms with van der Waals surface area (Å²) in [6.45, 7) is 2.26. The van der Waals surface area contributed by atoms with Gasteiger partial charge in [0.25, 0.3) is 0 Å². The van der Waals surface area contributed by atoms with Crippen LogP contribution in [0.1, 0.15) is 35.1 Å². The molecule has 0 radical (unpaired) electrons. The molecule has 2 heteroatoms. The van der Waals surface area contributed by atoms with Gasteiger partial charge in [-0.15, -0.1) is 0 Å². The first-order valence-electron chi connectivity index (χ1n) is 11.8.